The maximum absolute atomic E-state index is 11.7. The number of hydrogen-bond donors (Lipinski definition) is 1. The van der Waals surface area contributed by atoms with Gasteiger partial charge >= 0.3 is 5.97 Å². The van der Waals surface area contributed by atoms with Crippen molar-refractivity contribution in [1.82, 2.24) is 0 Å². The van der Waals surface area contributed by atoms with E-state index in [0.717, 1.165) is 11.1 Å². The quantitative estimate of drug-likeness (QED) is 0.288. The number of carbonyl (C=O) groups is 1. The number of aliphatic hydroxyl groups excluding tert-OH is 1. The van der Waals surface area contributed by atoms with Gasteiger partial charge in [0, 0.05) is 10.5 Å². The largest absolute Gasteiger partial charge is 0.462 e. The lowest BCUT2D eigenvalue weighted by molar-refractivity contribution is -0.138. The van der Waals surface area contributed by atoms with Crippen LogP contribution in [-0.2, 0) is 16.1 Å². The summed E-state index contributed by atoms with van der Waals surface area (Å²) in [6.07, 6.45) is 1.32. The van der Waals surface area contributed by atoms with E-state index < -0.39 is 5.97 Å². The Morgan fingerprint density at radius 1 is 1.35 bits per heavy atom. The molecule has 0 spiro atoms. The Hall–Kier alpha value is -3.02. The van der Waals surface area contributed by atoms with Crippen LogP contribution >= 0.6 is 0 Å². The molecule has 0 aliphatic heterocycles. The van der Waals surface area contributed by atoms with Crippen molar-refractivity contribution in [2.75, 3.05) is 6.61 Å². The molecule has 0 unspecified atom stereocenters. The normalized spacial score (nSPS) is 11.0. The second kappa shape index (κ2) is 7.84. The first-order valence-corrected chi connectivity index (χ1v) is 6.92. The first kappa shape index (κ1) is 16.4. The fourth-order valence-corrected chi connectivity index (χ4v) is 1.88. The number of ether oxygens (including phenoxy) is 1. The lowest BCUT2D eigenvalue weighted by Crippen LogP contribution is -2.05. The number of azide groups is 1. The summed E-state index contributed by atoms with van der Waals surface area (Å²) in [5, 5.41) is 12.4. The van der Waals surface area contributed by atoms with Crippen LogP contribution in [-0.4, -0.2) is 17.7 Å². The van der Waals surface area contributed by atoms with Gasteiger partial charge in [0.15, 0.2) is 0 Å². The Kier molecular flexibility index (Phi) is 5.57. The van der Waals surface area contributed by atoms with Crippen molar-refractivity contribution in [1.29, 1.82) is 0 Å². The second-order valence-electron chi connectivity index (χ2n) is 4.50. The van der Waals surface area contributed by atoms with E-state index in [2.05, 4.69) is 10.0 Å². The predicted molar refractivity (Wildman–Crippen MR) is 83.8 cm³/mol. The van der Waals surface area contributed by atoms with Crippen molar-refractivity contribution < 1.29 is 19.1 Å². The van der Waals surface area contributed by atoms with Crippen LogP contribution in [0.3, 0.4) is 0 Å². The molecule has 118 valence electrons. The summed E-state index contributed by atoms with van der Waals surface area (Å²) in [7, 11) is 0. The molecule has 23 heavy (non-hydrogen) atoms. The molecule has 1 aromatic heterocycles. The average molecular weight is 313 g/mol. The molecular formula is C16H15N3O4. The Morgan fingerprint density at radius 3 is 2.70 bits per heavy atom. The van der Waals surface area contributed by atoms with E-state index in [-0.39, 0.29) is 18.9 Å². The van der Waals surface area contributed by atoms with Crippen molar-refractivity contribution in [2.24, 2.45) is 5.11 Å². The number of rotatable bonds is 6. The molecule has 0 saturated carbocycles. The van der Waals surface area contributed by atoms with E-state index in [1.54, 1.807) is 31.2 Å². The number of furan rings is 1. The van der Waals surface area contributed by atoms with Crippen LogP contribution in [0.4, 0.5) is 0 Å². The summed E-state index contributed by atoms with van der Waals surface area (Å²) in [6, 6.07) is 10.6. The van der Waals surface area contributed by atoms with Gasteiger partial charge in [0.1, 0.15) is 17.2 Å². The number of esters is 1. The van der Waals surface area contributed by atoms with Crippen LogP contribution < -0.4 is 0 Å². The van der Waals surface area contributed by atoms with Gasteiger partial charge in [-0.25, -0.2) is 4.79 Å². The Bertz CT molecular complexity index is 756. The SMILES string of the molecule is CCOC(=O)/C(=C/c1ccc(-c2ccc(CO)cc2)o1)N=[N+]=[N-]. The zero-order valence-corrected chi connectivity index (χ0v) is 12.5. The summed E-state index contributed by atoms with van der Waals surface area (Å²) >= 11 is 0. The molecule has 0 saturated heterocycles. The number of nitrogens with zero attached hydrogens (tertiary/aromatic N) is 3. The van der Waals surface area contributed by atoms with Gasteiger partial charge in [-0.3, -0.25) is 0 Å². The Morgan fingerprint density at radius 2 is 2.09 bits per heavy atom. The van der Waals surface area contributed by atoms with Crippen LogP contribution in [0.1, 0.15) is 18.2 Å². The van der Waals surface area contributed by atoms with E-state index in [9.17, 15) is 4.79 Å². The fourth-order valence-electron chi connectivity index (χ4n) is 1.88. The lowest BCUT2D eigenvalue weighted by Gasteiger charge is -2.00. The Labute approximate surface area is 132 Å². The van der Waals surface area contributed by atoms with Crippen molar-refractivity contribution in [2.45, 2.75) is 13.5 Å². The van der Waals surface area contributed by atoms with Gasteiger partial charge in [-0.05, 0) is 36.2 Å². The molecule has 2 aromatic rings. The van der Waals surface area contributed by atoms with E-state index in [0.29, 0.717) is 11.5 Å². The van der Waals surface area contributed by atoms with Crippen molar-refractivity contribution >= 4 is 12.0 Å². The van der Waals surface area contributed by atoms with Gasteiger partial charge in [0.25, 0.3) is 0 Å². The molecule has 7 nitrogen and oxygen atoms in total. The lowest BCUT2D eigenvalue weighted by atomic mass is 10.1. The van der Waals surface area contributed by atoms with Gasteiger partial charge in [-0.15, -0.1) is 0 Å². The molecule has 7 heteroatoms. The summed E-state index contributed by atoms with van der Waals surface area (Å²) in [5.74, 6) is 0.238. The van der Waals surface area contributed by atoms with Gasteiger partial charge < -0.3 is 14.3 Å². The minimum Gasteiger partial charge on any atom is -0.462 e. The predicted octanol–water partition coefficient (Wildman–Crippen LogP) is 3.65. The second-order valence-corrected chi connectivity index (χ2v) is 4.50. The third-order valence-corrected chi connectivity index (χ3v) is 2.96. The average Bonchev–Trinajstić information content (AvgIpc) is 3.03. The van der Waals surface area contributed by atoms with Crippen molar-refractivity contribution in [3.63, 3.8) is 0 Å². The highest BCUT2D eigenvalue weighted by molar-refractivity contribution is 5.92. The third-order valence-electron chi connectivity index (χ3n) is 2.96. The zero-order valence-electron chi connectivity index (χ0n) is 12.5. The summed E-state index contributed by atoms with van der Waals surface area (Å²) in [6.45, 7) is 1.81. The van der Waals surface area contributed by atoms with Gasteiger partial charge in [0.2, 0.25) is 0 Å². The molecular weight excluding hydrogens is 298 g/mol. The number of hydrogen-bond acceptors (Lipinski definition) is 5. The van der Waals surface area contributed by atoms with E-state index in [1.807, 2.05) is 12.1 Å². The van der Waals surface area contributed by atoms with Crippen LogP contribution in [0.5, 0.6) is 0 Å². The Balaban J connectivity index is 2.27. The zero-order chi connectivity index (χ0) is 16.7. The van der Waals surface area contributed by atoms with Gasteiger partial charge in [-0.1, -0.05) is 29.4 Å². The van der Waals surface area contributed by atoms with Gasteiger partial charge in [0.05, 0.1) is 13.2 Å². The highest BCUT2D eigenvalue weighted by atomic mass is 16.5. The minimum atomic E-state index is -0.712. The van der Waals surface area contributed by atoms with Crippen LogP contribution in [0.2, 0.25) is 0 Å². The first-order chi connectivity index (χ1) is 11.2. The molecule has 1 heterocycles. The standard InChI is InChI=1S/C16H15N3O4/c1-2-22-16(21)14(18-19-17)9-13-7-8-15(23-13)12-5-3-11(10-20)4-6-12/h3-9,20H,2,10H2,1H3/b14-9-. The third kappa shape index (κ3) is 4.23. The maximum atomic E-state index is 11.7. The highest BCUT2D eigenvalue weighted by Crippen LogP contribution is 2.24. The molecule has 0 radical (unpaired) electrons. The summed E-state index contributed by atoms with van der Waals surface area (Å²) in [5.41, 5.74) is 9.97. The molecule has 0 aliphatic carbocycles. The van der Waals surface area contributed by atoms with E-state index in [4.69, 9.17) is 19.8 Å². The summed E-state index contributed by atoms with van der Waals surface area (Å²) < 4.78 is 10.4. The molecule has 0 bridgehead atoms. The number of carbonyl (C=O) groups excluding carboxylic acids is 1. The van der Waals surface area contributed by atoms with Crippen LogP contribution in [0.25, 0.3) is 27.8 Å². The minimum absolute atomic E-state index is 0.0263. The van der Waals surface area contributed by atoms with Crippen LogP contribution in [0.15, 0.2) is 51.6 Å². The molecule has 0 amide bonds. The molecule has 1 aromatic carbocycles. The molecule has 0 atom stereocenters. The van der Waals surface area contributed by atoms with Gasteiger partial charge in [-0.2, -0.15) is 0 Å². The fraction of sp³-hybridized carbons (Fsp3) is 0.188. The van der Waals surface area contributed by atoms with Crippen LogP contribution in [0, 0.1) is 0 Å². The van der Waals surface area contributed by atoms with E-state index >= 15 is 0 Å². The first-order valence-electron chi connectivity index (χ1n) is 6.92. The van der Waals surface area contributed by atoms with Crippen molar-refractivity contribution in [3.8, 4) is 11.3 Å². The molecule has 2 rings (SSSR count). The van der Waals surface area contributed by atoms with E-state index in [1.165, 1.54) is 6.08 Å². The maximum Gasteiger partial charge on any atom is 0.340 e. The summed E-state index contributed by atoms with van der Waals surface area (Å²) in [4.78, 5) is 14.3. The number of aliphatic hydroxyl groups is 1. The molecule has 0 aliphatic rings. The smallest absolute Gasteiger partial charge is 0.340 e. The number of benzene rings is 1. The van der Waals surface area contributed by atoms with Crippen molar-refractivity contribution in [3.05, 3.63) is 63.9 Å². The molecule has 0 fully saturated rings. The molecule has 1 N–H and O–H groups in total. The topological polar surface area (TPSA) is 108 Å². The monoisotopic (exact) mass is 313 g/mol. The highest BCUT2D eigenvalue weighted by Gasteiger charge is 2.11.